The molecule has 6 nitrogen and oxygen atoms in total. The molecule has 0 aliphatic carbocycles. The number of rotatable bonds is 77. The molecule has 0 bridgehead atoms. The summed E-state index contributed by atoms with van der Waals surface area (Å²) in [5.74, 6) is -0.00963. The fourth-order valence-electron chi connectivity index (χ4n) is 13.1. The van der Waals surface area contributed by atoms with E-state index in [1.54, 1.807) is 0 Å². The van der Waals surface area contributed by atoms with Gasteiger partial charge in [-0.25, -0.2) is 0 Å². The van der Waals surface area contributed by atoms with Crippen molar-refractivity contribution in [1.82, 2.24) is 5.32 Å². The van der Waals surface area contributed by atoms with Gasteiger partial charge in [-0.3, -0.25) is 9.59 Å². The number of ether oxygens (including phenoxy) is 1. The van der Waals surface area contributed by atoms with Crippen molar-refractivity contribution < 1.29 is 24.5 Å². The zero-order valence-corrected chi connectivity index (χ0v) is 60.0. The van der Waals surface area contributed by atoms with Crippen molar-refractivity contribution in [1.29, 1.82) is 0 Å². The van der Waals surface area contributed by atoms with Crippen LogP contribution < -0.4 is 5.32 Å². The van der Waals surface area contributed by atoms with E-state index in [2.05, 4.69) is 43.5 Å². The minimum absolute atomic E-state index is 0.0175. The first-order valence-electron chi connectivity index (χ1n) is 40.6. The van der Waals surface area contributed by atoms with Crippen LogP contribution in [-0.4, -0.2) is 47.4 Å². The maximum absolute atomic E-state index is 12.6. The molecule has 0 saturated heterocycles. The SMILES string of the molecule is CCCCCCCCCCCCCCCCCCCCCCCCCCC(O)C(CO)NC(=O)CCCCCCCCCCCCCCCCCCC/C=C\C/C=C\CCCCCCCCCCCOC(=O)CCCCCCCCCCCCCCCC. The Labute approximate surface area is 551 Å². The first-order chi connectivity index (χ1) is 43.5. The Morgan fingerprint density at radius 3 is 0.864 bits per heavy atom. The standard InChI is InChI=1S/C82H159NO5/c1-3-5-7-9-11-13-15-17-19-20-21-22-23-35-38-41-44-47-50-54-58-62-66-70-74-80(85)79(78-84)83-81(86)75-71-67-63-59-55-51-48-45-42-39-36-33-31-29-27-25-24-26-28-30-32-34-37-40-43-46-49-53-57-61-65-69-73-77-88-82(87)76-72-68-64-60-56-52-18-16-14-12-10-8-6-4-2/h28,30,34,37,79-80,84-85H,3-27,29,31-33,35-36,38-78H2,1-2H3,(H,83,86)/b30-28-,37-34-. The third-order valence-electron chi connectivity index (χ3n) is 19.3. The highest BCUT2D eigenvalue weighted by molar-refractivity contribution is 5.76. The molecule has 2 atom stereocenters. The lowest BCUT2D eigenvalue weighted by atomic mass is 10.0. The normalized spacial score (nSPS) is 12.5. The van der Waals surface area contributed by atoms with Crippen LogP contribution in [0.5, 0.6) is 0 Å². The van der Waals surface area contributed by atoms with Gasteiger partial charge in [0.15, 0.2) is 0 Å². The van der Waals surface area contributed by atoms with E-state index in [-0.39, 0.29) is 18.5 Å². The van der Waals surface area contributed by atoms with E-state index in [1.165, 1.54) is 385 Å². The van der Waals surface area contributed by atoms with Crippen molar-refractivity contribution in [2.24, 2.45) is 0 Å². The molecule has 0 radical (unpaired) electrons. The number of nitrogens with one attached hydrogen (secondary N) is 1. The summed E-state index contributed by atoms with van der Waals surface area (Å²) in [6, 6.07) is -0.541. The summed E-state index contributed by atoms with van der Waals surface area (Å²) in [6.07, 6.45) is 99.9. The van der Waals surface area contributed by atoms with Gasteiger partial charge in [0.1, 0.15) is 0 Å². The highest BCUT2D eigenvalue weighted by Gasteiger charge is 2.20. The summed E-state index contributed by atoms with van der Waals surface area (Å²) in [5.41, 5.74) is 0. The Balaban J connectivity index is 3.37. The van der Waals surface area contributed by atoms with Gasteiger partial charge < -0.3 is 20.3 Å². The molecule has 522 valence electrons. The smallest absolute Gasteiger partial charge is 0.305 e. The Kier molecular flexibility index (Phi) is 76.3. The van der Waals surface area contributed by atoms with Crippen LogP contribution in [0.1, 0.15) is 463 Å². The van der Waals surface area contributed by atoms with Gasteiger partial charge in [-0.1, -0.05) is 417 Å². The summed E-state index contributed by atoms with van der Waals surface area (Å²) in [4.78, 5) is 24.7. The molecular weight excluding hydrogens is 1080 g/mol. The van der Waals surface area contributed by atoms with Crippen molar-refractivity contribution in [3.63, 3.8) is 0 Å². The average Bonchev–Trinajstić information content (AvgIpc) is 3.58. The molecule has 88 heavy (non-hydrogen) atoms. The maximum atomic E-state index is 12.6. The van der Waals surface area contributed by atoms with Crippen LogP contribution >= 0.6 is 0 Å². The molecule has 0 spiro atoms. The van der Waals surface area contributed by atoms with Gasteiger partial charge in [-0.15, -0.1) is 0 Å². The molecule has 0 heterocycles. The molecule has 2 unspecified atom stereocenters. The quantitative estimate of drug-likeness (QED) is 0.0320. The number of carbonyl (C=O) groups excluding carboxylic acids is 2. The minimum atomic E-state index is -0.664. The molecule has 1 amide bonds. The fourth-order valence-corrected chi connectivity index (χ4v) is 13.1. The van der Waals surface area contributed by atoms with Crippen molar-refractivity contribution in [2.45, 2.75) is 475 Å². The Morgan fingerprint density at radius 2 is 0.568 bits per heavy atom. The van der Waals surface area contributed by atoms with Gasteiger partial charge in [0, 0.05) is 12.8 Å². The summed E-state index contributed by atoms with van der Waals surface area (Å²) in [7, 11) is 0. The number of esters is 1. The molecular formula is C82H159NO5. The summed E-state index contributed by atoms with van der Waals surface area (Å²) in [5, 5.41) is 23.5. The first-order valence-corrected chi connectivity index (χ1v) is 40.6. The van der Waals surface area contributed by atoms with Crippen LogP contribution in [0, 0.1) is 0 Å². The largest absolute Gasteiger partial charge is 0.466 e. The summed E-state index contributed by atoms with van der Waals surface area (Å²) >= 11 is 0. The predicted octanol–water partition coefficient (Wildman–Crippen LogP) is 26.8. The Hall–Kier alpha value is -1.66. The van der Waals surface area contributed by atoms with Crippen molar-refractivity contribution in [3.8, 4) is 0 Å². The van der Waals surface area contributed by atoms with E-state index < -0.39 is 12.1 Å². The third kappa shape index (κ3) is 73.4. The molecule has 0 fully saturated rings. The monoisotopic (exact) mass is 1240 g/mol. The zero-order chi connectivity index (χ0) is 63.5. The molecule has 0 saturated carbocycles. The van der Waals surface area contributed by atoms with E-state index in [0.717, 1.165) is 44.9 Å². The van der Waals surface area contributed by atoms with Crippen molar-refractivity contribution in [2.75, 3.05) is 13.2 Å². The molecule has 0 aromatic rings. The van der Waals surface area contributed by atoms with Crippen molar-refractivity contribution in [3.05, 3.63) is 24.3 Å². The molecule has 0 rings (SSSR count). The van der Waals surface area contributed by atoms with Crippen LogP contribution in [0.15, 0.2) is 24.3 Å². The second-order valence-electron chi connectivity index (χ2n) is 28.1. The van der Waals surface area contributed by atoms with Crippen LogP contribution in [0.25, 0.3) is 0 Å². The fraction of sp³-hybridized carbons (Fsp3) is 0.927. The lowest BCUT2D eigenvalue weighted by Gasteiger charge is -2.22. The van der Waals surface area contributed by atoms with E-state index in [4.69, 9.17) is 4.74 Å². The molecule has 0 aromatic heterocycles. The second-order valence-corrected chi connectivity index (χ2v) is 28.1. The Morgan fingerprint density at radius 1 is 0.318 bits per heavy atom. The van der Waals surface area contributed by atoms with Gasteiger partial charge in [-0.05, 0) is 57.8 Å². The van der Waals surface area contributed by atoms with Gasteiger partial charge >= 0.3 is 5.97 Å². The van der Waals surface area contributed by atoms with Crippen LogP contribution in [0.4, 0.5) is 0 Å². The van der Waals surface area contributed by atoms with E-state index in [0.29, 0.717) is 25.9 Å². The molecule has 6 heteroatoms. The molecule has 3 N–H and O–H groups in total. The highest BCUT2D eigenvalue weighted by Crippen LogP contribution is 2.20. The predicted molar refractivity (Wildman–Crippen MR) is 389 cm³/mol. The lowest BCUT2D eigenvalue weighted by molar-refractivity contribution is -0.143. The van der Waals surface area contributed by atoms with Gasteiger partial charge in [0.05, 0.1) is 25.4 Å². The molecule has 0 aliphatic rings. The number of aliphatic hydroxyl groups is 2. The van der Waals surface area contributed by atoms with E-state index in [9.17, 15) is 19.8 Å². The number of allylic oxidation sites excluding steroid dienone is 4. The second kappa shape index (κ2) is 77.8. The van der Waals surface area contributed by atoms with E-state index in [1.807, 2.05) is 0 Å². The van der Waals surface area contributed by atoms with Crippen LogP contribution in [-0.2, 0) is 14.3 Å². The number of amides is 1. The number of hydrogen-bond acceptors (Lipinski definition) is 5. The number of unbranched alkanes of at least 4 members (excludes halogenated alkanes) is 62. The van der Waals surface area contributed by atoms with E-state index >= 15 is 0 Å². The third-order valence-corrected chi connectivity index (χ3v) is 19.3. The molecule has 0 aliphatic heterocycles. The lowest BCUT2D eigenvalue weighted by Crippen LogP contribution is -2.45. The van der Waals surface area contributed by atoms with Gasteiger partial charge in [-0.2, -0.15) is 0 Å². The zero-order valence-electron chi connectivity index (χ0n) is 60.0. The number of hydrogen-bond donors (Lipinski definition) is 3. The summed E-state index contributed by atoms with van der Waals surface area (Å²) in [6.45, 7) is 5.01. The Bertz CT molecular complexity index is 1380. The van der Waals surface area contributed by atoms with Gasteiger partial charge in [0.2, 0.25) is 5.91 Å². The number of aliphatic hydroxyl groups excluding tert-OH is 2. The first kappa shape index (κ1) is 86.3. The summed E-state index contributed by atoms with van der Waals surface area (Å²) < 4.78 is 5.50. The maximum Gasteiger partial charge on any atom is 0.305 e. The minimum Gasteiger partial charge on any atom is -0.466 e. The molecule has 0 aromatic carbocycles. The number of carbonyl (C=O) groups is 2. The average molecular weight is 1240 g/mol. The van der Waals surface area contributed by atoms with Crippen LogP contribution in [0.3, 0.4) is 0 Å². The topological polar surface area (TPSA) is 95.9 Å². The van der Waals surface area contributed by atoms with Crippen molar-refractivity contribution >= 4 is 11.9 Å². The highest BCUT2D eigenvalue weighted by atomic mass is 16.5. The van der Waals surface area contributed by atoms with Gasteiger partial charge in [0.25, 0.3) is 0 Å². The van der Waals surface area contributed by atoms with Crippen LogP contribution in [0.2, 0.25) is 0 Å².